The summed E-state index contributed by atoms with van der Waals surface area (Å²) >= 11 is 1.23. The van der Waals surface area contributed by atoms with Crippen LogP contribution in [0.4, 0.5) is 0 Å². The Labute approximate surface area is 205 Å². The first-order valence-electron chi connectivity index (χ1n) is 11.0. The molecule has 8 nitrogen and oxygen atoms in total. The predicted molar refractivity (Wildman–Crippen MR) is 134 cm³/mol. The number of para-hydroxylation sites is 1. The standard InChI is InChI=1S/C26H23N3O5S/c1-16(24(30)27-14-17-10-11-22-23(12-17)34-15-33-22)35-26-28-21-9-4-3-8-20(21)25(31)29(26)18-6-5-7-19(13-18)32-2/h3-13,16H,14-15H2,1-2H3,(H,27,30)/t16-/m0/s1. The average Bonchev–Trinajstić information content (AvgIpc) is 3.35. The highest BCUT2D eigenvalue weighted by atomic mass is 32.2. The van der Waals surface area contributed by atoms with Crippen molar-refractivity contribution in [3.05, 3.63) is 82.6 Å². The lowest BCUT2D eigenvalue weighted by Gasteiger charge is -2.17. The summed E-state index contributed by atoms with van der Waals surface area (Å²) in [5.41, 5.74) is 1.88. The van der Waals surface area contributed by atoms with Gasteiger partial charge in [-0.25, -0.2) is 4.98 Å². The molecule has 178 valence electrons. The van der Waals surface area contributed by atoms with E-state index in [0.717, 1.165) is 5.56 Å². The van der Waals surface area contributed by atoms with E-state index < -0.39 is 5.25 Å². The van der Waals surface area contributed by atoms with Crippen LogP contribution in [0.25, 0.3) is 16.6 Å². The van der Waals surface area contributed by atoms with E-state index >= 15 is 0 Å². The van der Waals surface area contributed by atoms with Gasteiger partial charge in [-0.3, -0.25) is 14.2 Å². The Hall–Kier alpha value is -3.98. The maximum absolute atomic E-state index is 13.5. The van der Waals surface area contributed by atoms with Crippen LogP contribution in [0.2, 0.25) is 0 Å². The van der Waals surface area contributed by atoms with E-state index in [1.807, 2.05) is 42.5 Å². The molecule has 0 saturated heterocycles. The molecule has 4 aromatic rings. The van der Waals surface area contributed by atoms with Gasteiger partial charge in [0.25, 0.3) is 5.56 Å². The van der Waals surface area contributed by atoms with Crippen LogP contribution in [0.3, 0.4) is 0 Å². The number of benzene rings is 3. The van der Waals surface area contributed by atoms with Crippen LogP contribution < -0.4 is 25.1 Å². The van der Waals surface area contributed by atoms with E-state index in [4.69, 9.17) is 19.2 Å². The van der Waals surface area contributed by atoms with Gasteiger partial charge in [0.05, 0.1) is 29.0 Å². The third-order valence-electron chi connectivity index (χ3n) is 5.61. The van der Waals surface area contributed by atoms with Crippen molar-refractivity contribution < 1.29 is 19.0 Å². The number of rotatable bonds is 7. The maximum atomic E-state index is 13.5. The minimum atomic E-state index is -0.506. The Kier molecular flexibility index (Phi) is 6.33. The topological polar surface area (TPSA) is 91.7 Å². The predicted octanol–water partition coefficient (Wildman–Crippen LogP) is 3.92. The third kappa shape index (κ3) is 4.67. The van der Waals surface area contributed by atoms with E-state index in [1.54, 1.807) is 38.3 Å². The Morgan fingerprint density at radius 3 is 2.80 bits per heavy atom. The van der Waals surface area contributed by atoms with Crippen LogP contribution >= 0.6 is 11.8 Å². The zero-order valence-corrected chi connectivity index (χ0v) is 20.0. The highest BCUT2D eigenvalue weighted by molar-refractivity contribution is 8.00. The van der Waals surface area contributed by atoms with Crippen LogP contribution in [0.1, 0.15) is 12.5 Å². The number of fused-ring (bicyclic) bond motifs is 2. The van der Waals surface area contributed by atoms with E-state index in [-0.39, 0.29) is 18.3 Å². The molecule has 5 rings (SSSR count). The number of thioether (sulfide) groups is 1. The molecule has 1 atom stereocenters. The van der Waals surface area contributed by atoms with E-state index in [0.29, 0.717) is 45.5 Å². The van der Waals surface area contributed by atoms with Crippen LogP contribution in [-0.4, -0.2) is 34.6 Å². The van der Waals surface area contributed by atoms with Gasteiger partial charge in [-0.15, -0.1) is 0 Å². The number of amides is 1. The molecule has 3 aromatic carbocycles. The summed E-state index contributed by atoms with van der Waals surface area (Å²) in [6.45, 7) is 2.33. The molecular weight excluding hydrogens is 466 g/mol. The molecule has 0 bridgehead atoms. The van der Waals surface area contributed by atoms with Crippen molar-refractivity contribution in [1.82, 2.24) is 14.9 Å². The minimum Gasteiger partial charge on any atom is -0.497 e. The van der Waals surface area contributed by atoms with Crippen molar-refractivity contribution in [1.29, 1.82) is 0 Å². The van der Waals surface area contributed by atoms with Crippen molar-refractivity contribution in [2.45, 2.75) is 23.9 Å². The Morgan fingerprint density at radius 1 is 1.11 bits per heavy atom. The third-order valence-corrected chi connectivity index (χ3v) is 6.66. The summed E-state index contributed by atoms with van der Waals surface area (Å²) in [4.78, 5) is 31.1. The highest BCUT2D eigenvalue weighted by Crippen LogP contribution is 2.32. The first kappa shape index (κ1) is 22.8. The first-order valence-corrected chi connectivity index (χ1v) is 11.9. The second kappa shape index (κ2) is 9.71. The Balaban J connectivity index is 1.41. The maximum Gasteiger partial charge on any atom is 0.266 e. The van der Waals surface area contributed by atoms with E-state index in [1.165, 1.54) is 16.3 Å². The number of aromatic nitrogens is 2. The molecule has 1 aliphatic heterocycles. The lowest BCUT2D eigenvalue weighted by atomic mass is 10.2. The second-order valence-corrected chi connectivity index (χ2v) is 9.23. The quantitative estimate of drug-likeness (QED) is 0.311. The molecule has 0 fully saturated rings. The molecule has 0 aliphatic carbocycles. The summed E-state index contributed by atoms with van der Waals surface area (Å²) in [5.74, 6) is 1.81. The molecule has 35 heavy (non-hydrogen) atoms. The number of carbonyl (C=O) groups excluding carboxylic acids is 1. The van der Waals surface area contributed by atoms with Gasteiger partial charge >= 0.3 is 0 Å². The number of hydrogen-bond donors (Lipinski definition) is 1. The fraction of sp³-hybridized carbons (Fsp3) is 0.192. The van der Waals surface area contributed by atoms with Gasteiger partial charge < -0.3 is 19.5 Å². The Bertz CT molecular complexity index is 1470. The van der Waals surface area contributed by atoms with Gasteiger partial charge in [-0.1, -0.05) is 36.0 Å². The summed E-state index contributed by atoms with van der Waals surface area (Å²) in [5, 5.41) is 3.37. The average molecular weight is 490 g/mol. The van der Waals surface area contributed by atoms with Crippen LogP contribution in [0.15, 0.2) is 76.7 Å². The van der Waals surface area contributed by atoms with Crippen molar-refractivity contribution in [3.63, 3.8) is 0 Å². The molecule has 1 aromatic heterocycles. The molecule has 0 spiro atoms. The van der Waals surface area contributed by atoms with Crippen molar-refractivity contribution in [3.8, 4) is 22.9 Å². The summed E-state index contributed by atoms with van der Waals surface area (Å²) in [7, 11) is 1.57. The largest absolute Gasteiger partial charge is 0.497 e. The lowest BCUT2D eigenvalue weighted by molar-refractivity contribution is -0.120. The van der Waals surface area contributed by atoms with Gasteiger partial charge in [0.15, 0.2) is 16.7 Å². The second-order valence-electron chi connectivity index (χ2n) is 7.92. The summed E-state index contributed by atoms with van der Waals surface area (Å²) < 4.78 is 17.6. The number of nitrogens with one attached hydrogen (secondary N) is 1. The van der Waals surface area contributed by atoms with Crippen LogP contribution in [-0.2, 0) is 11.3 Å². The molecule has 1 amide bonds. The first-order chi connectivity index (χ1) is 17.0. The fourth-order valence-corrected chi connectivity index (χ4v) is 4.72. The number of nitrogens with zero attached hydrogens (tertiary/aromatic N) is 2. The van der Waals surface area contributed by atoms with E-state index in [2.05, 4.69) is 5.32 Å². The number of methoxy groups -OCH3 is 1. The van der Waals surface area contributed by atoms with Crippen molar-refractivity contribution in [2.24, 2.45) is 0 Å². The molecule has 0 saturated carbocycles. The van der Waals surface area contributed by atoms with Gasteiger partial charge in [-0.2, -0.15) is 0 Å². The fourth-order valence-electron chi connectivity index (χ4n) is 3.76. The van der Waals surface area contributed by atoms with Gasteiger partial charge in [-0.05, 0) is 48.9 Å². The summed E-state index contributed by atoms with van der Waals surface area (Å²) in [6.07, 6.45) is 0. The molecule has 0 radical (unpaired) electrons. The van der Waals surface area contributed by atoms with Gasteiger partial charge in [0, 0.05) is 12.6 Å². The van der Waals surface area contributed by atoms with Crippen molar-refractivity contribution >= 4 is 28.6 Å². The summed E-state index contributed by atoms with van der Waals surface area (Å²) in [6, 6.07) is 19.9. The zero-order chi connectivity index (χ0) is 24.4. The van der Waals surface area contributed by atoms with Gasteiger partial charge in [0.2, 0.25) is 12.7 Å². The molecule has 2 heterocycles. The monoisotopic (exact) mass is 489 g/mol. The van der Waals surface area contributed by atoms with Crippen LogP contribution in [0, 0.1) is 0 Å². The smallest absolute Gasteiger partial charge is 0.266 e. The molecule has 1 N–H and O–H groups in total. The highest BCUT2D eigenvalue weighted by Gasteiger charge is 2.21. The SMILES string of the molecule is COc1cccc(-n2c(S[C@@H](C)C(=O)NCc3ccc4c(c3)OCO4)nc3ccccc3c2=O)c1. The molecule has 0 unspecified atom stereocenters. The lowest BCUT2D eigenvalue weighted by Crippen LogP contribution is -2.31. The number of ether oxygens (including phenoxy) is 3. The van der Waals surface area contributed by atoms with Crippen molar-refractivity contribution in [2.75, 3.05) is 13.9 Å². The number of hydrogen-bond acceptors (Lipinski definition) is 7. The van der Waals surface area contributed by atoms with Crippen LogP contribution in [0.5, 0.6) is 17.2 Å². The van der Waals surface area contributed by atoms with E-state index in [9.17, 15) is 9.59 Å². The minimum absolute atomic E-state index is 0.174. The zero-order valence-electron chi connectivity index (χ0n) is 19.2. The molecular formula is C26H23N3O5S. The molecule has 9 heteroatoms. The normalized spacial score (nSPS) is 13.0. The van der Waals surface area contributed by atoms with Gasteiger partial charge in [0.1, 0.15) is 5.75 Å². The Morgan fingerprint density at radius 2 is 1.94 bits per heavy atom. The number of carbonyl (C=O) groups is 1. The molecule has 1 aliphatic rings.